The van der Waals surface area contributed by atoms with E-state index in [0.29, 0.717) is 23.7 Å². The van der Waals surface area contributed by atoms with Gasteiger partial charge in [-0.2, -0.15) is 0 Å². The number of nitrogens with zero attached hydrogens (tertiary/aromatic N) is 1. The van der Waals surface area contributed by atoms with Crippen molar-refractivity contribution < 1.29 is 23.9 Å². The van der Waals surface area contributed by atoms with Crippen LogP contribution in [0.1, 0.15) is 47.4 Å². The molecule has 190 valence electrons. The van der Waals surface area contributed by atoms with Gasteiger partial charge in [-0.05, 0) is 47.9 Å². The number of carbonyl (C=O) groups excluding carboxylic acids is 4. The van der Waals surface area contributed by atoms with Crippen molar-refractivity contribution in [3.8, 4) is 11.1 Å². The topological polar surface area (TPSA) is 92.8 Å². The van der Waals surface area contributed by atoms with Gasteiger partial charge in [0.1, 0.15) is 0 Å². The van der Waals surface area contributed by atoms with Gasteiger partial charge in [0.2, 0.25) is 5.91 Å². The van der Waals surface area contributed by atoms with Gasteiger partial charge in [-0.25, -0.2) is 9.69 Å². The van der Waals surface area contributed by atoms with Crippen LogP contribution in [-0.4, -0.2) is 42.8 Å². The first-order chi connectivity index (χ1) is 17.9. The van der Waals surface area contributed by atoms with Crippen molar-refractivity contribution in [2.75, 3.05) is 18.1 Å². The van der Waals surface area contributed by atoms with Gasteiger partial charge in [0.15, 0.2) is 12.4 Å². The van der Waals surface area contributed by atoms with Crippen molar-refractivity contribution in [1.29, 1.82) is 0 Å². The van der Waals surface area contributed by atoms with Gasteiger partial charge < -0.3 is 10.1 Å². The second-order valence-corrected chi connectivity index (χ2v) is 9.24. The minimum absolute atomic E-state index is 0.105. The Morgan fingerprint density at radius 1 is 0.919 bits per heavy atom. The normalized spacial score (nSPS) is 16.1. The molecule has 1 fully saturated rings. The van der Waals surface area contributed by atoms with Crippen LogP contribution in [0.2, 0.25) is 0 Å². The number of benzene rings is 3. The molecule has 2 unspecified atom stereocenters. The summed E-state index contributed by atoms with van der Waals surface area (Å²) < 4.78 is 5.20. The van der Waals surface area contributed by atoms with Gasteiger partial charge in [-0.3, -0.25) is 14.4 Å². The number of amides is 2. The number of Topliss-reactive ketones (excluding diaryl/α,β-unsaturated/α-hetero) is 1. The summed E-state index contributed by atoms with van der Waals surface area (Å²) in [6.45, 7) is 4.43. The van der Waals surface area contributed by atoms with Crippen molar-refractivity contribution in [1.82, 2.24) is 5.32 Å². The van der Waals surface area contributed by atoms with Gasteiger partial charge in [-0.15, -0.1) is 0 Å². The van der Waals surface area contributed by atoms with Crippen molar-refractivity contribution in [3.63, 3.8) is 0 Å². The summed E-state index contributed by atoms with van der Waals surface area (Å²) in [6.07, 6.45) is 1.09. The predicted molar refractivity (Wildman–Crippen MR) is 141 cm³/mol. The quantitative estimate of drug-likeness (QED) is 0.248. The Balaban J connectivity index is 1.32. The summed E-state index contributed by atoms with van der Waals surface area (Å²) >= 11 is 0. The Morgan fingerprint density at radius 2 is 1.54 bits per heavy atom. The molecule has 7 nitrogen and oxygen atoms in total. The Hall–Kier alpha value is -4.10. The molecule has 0 aliphatic carbocycles. The van der Waals surface area contributed by atoms with E-state index < -0.39 is 18.6 Å². The zero-order valence-corrected chi connectivity index (χ0v) is 21.0. The molecule has 2 amide bonds. The van der Waals surface area contributed by atoms with Crippen LogP contribution >= 0.6 is 0 Å². The number of anilines is 1. The maximum absolute atomic E-state index is 12.8. The molecule has 0 spiro atoms. The van der Waals surface area contributed by atoms with E-state index in [-0.39, 0.29) is 29.6 Å². The standard InChI is InChI=1S/C30H30N2O5/c1-3-20(2)18-31-26-17-28(34)32(29(26)35)25-15-13-24(14-16-25)30(36)37-19-27(33)23-11-9-22(10-12-23)21-7-5-4-6-8-21/h4-16,20,26,31H,3,17-19H2,1-2H3. The highest BCUT2D eigenvalue weighted by Crippen LogP contribution is 2.24. The molecule has 1 aliphatic heterocycles. The number of hydrogen-bond acceptors (Lipinski definition) is 6. The molecule has 3 aromatic carbocycles. The van der Waals surface area contributed by atoms with Crippen LogP contribution in [0.25, 0.3) is 11.1 Å². The van der Waals surface area contributed by atoms with Gasteiger partial charge in [-0.1, -0.05) is 74.9 Å². The van der Waals surface area contributed by atoms with Crippen molar-refractivity contribution in [3.05, 3.63) is 90.0 Å². The number of imide groups is 1. The lowest BCUT2D eigenvalue weighted by molar-refractivity contribution is -0.121. The van der Waals surface area contributed by atoms with E-state index in [1.54, 1.807) is 12.1 Å². The smallest absolute Gasteiger partial charge is 0.338 e. The van der Waals surface area contributed by atoms with Crippen molar-refractivity contribution >= 4 is 29.3 Å². The van der Waals surface area contributed by atoms with Gasteiger partial charge in [0.25, 0.3) is 5.91 Å². The third-order valence-corrected chi connectivity index (χ3v) is 6.57. The fourth-order valence-corrected chi connectivity index (χ4v) is 4.07. The summed E-state index contributed by atoms with van der Waals surface area (Å²) in [5.41, 5.74) is 3.11. The molecule has 0 saturated carbocycles. The third kappa shape index (κ3) is 6.19. The van der Waals surface area contributed by atoms with Gasteiger partial charge in [0, 0.05) is 5.56 Å². The number of nitrogens with one attached hydrogen (secondary N) is 1. The first-order valence-corrected chi connectivity index (χ1v) is 12.4. The minimum atomic E-state index is -0.659. The molecule has 1 aliphatic rings. The van der Waals surface area contributed by atoms with E-state index >= 15 is 0 Å². The van der Waals surface area contributed by atoms with E-state index in [1.807, 2.05) is 42.5 Å². The highest BCUT2D eigenvalue weighted by molar-refractivity contribution is 6.22. The first-order valence-electron chi connectivity index (χ1n) is 12.4. The molecule has 1 saturated heterocycles. The molecule has 0 bridgehead atoms. The number of ether oxygens (including phenoxy) is 1. The lowest BCUT2D eigenvalue weighted by atomic mass is 10.0. The van der Waals surface area contributed by atoms with E-state index in [1.165, 1.54) is 24.3 Å². The lowest BCUT2D eigenvalue weighted by Crippen LogP contribution is -2.40. The summed E-state index contributed by atoms with van der Waals surface area (Å²) in [6, 6.07) is 22.4. The summed E-state index contributed by atoms with van der Waals surface area (Å²) in [4.78, 5) is 51.4. The van der Waals surface area contributed by atoms with Crippen molar-refractivity contribution in [2.45, 2.75) is 32.7 Å². The summed E-state index contributed by atoms with van der Waals surface area (Å²) in [7, 11) is 0. The van der Waals surface area contributed by atoms with Gasteiger partial charge in [0.05, 0.1) is 23.7 Å². The molecule has 1 heterocycles. The zero-order valence-electron chi connectivity index (χ0n) is 21.0. The van der Waals surface area contributed by atoms with Crippen LogP contribution in [0.3, 0.4) is 0 Å². The fourth-order valence-electron chi connectivity index (χ4n) is 4.07. The van der Waals surface area contributed by atoms with Crippen molar-refractivity contribution in [2.24, 2.45) is 5.92 Å². The Bertz CT molecular complexity index is 1270. The number of hydrogen-bond donors (Lipinski definition) is 1. The van der Waals surface area contributed by atoms with Crippen LogP contribution < -0.4 is 10.2 Å². The monoisotopic (exact) mass is 498 g/mol. The average molecular weight is 499 g/mol. The van der Waals surface area contributed by atoms with Crippen LogP contribution in [0.4, 0.5) is 5.69 Å². The highest BCUT2D eigenvalue weighted by atomic mass is 16.5. The minimum Gasteiger partial charge on any atom is -0.454 e. The molecule has 0 radical (unpaired) electrons. The highest BCUT2D eigenvalue weighted by Gasteiger charge is 2.39. The zero-order chi connectivity index (χ0) is 26.4. The van der Waals surface area contributed by atoms with Gasteiger partial charge >= 0.3 is 5.97 Å². The fraction of sp³-hybridized carbons (Fsp3) is 0.267. The lowest BCUT2D eigenvalue weighted by Gasteiger charge is -2.17. The molecule has 37 heavy (non-hydrogen) atoms. The Labute approximate surface area is 216 Å². The maximum atomic E-state index is 12.8. The molecule has 0 aromatic heterocycles. The van der Waals surface area contributed by atoms with Crippen LogP contribution in [-0.2, 0) is 14.3 Å². The number of rotatable bonds is 10. The SMILES string of the molecule is CCC(C)CNC1CC(=O)N(c2ccc(C(=O)OCC(=O)c3ccc(-c4ccccc4)cc3)cc2)C1=O. The van der Waals surface area contributed by atoms with E-state index in [0.717, 1.165) is 22.4 Å². The molecule has 3 aromatic rings. The van der Waals surface area contributed by atoms with Crippen LogP contribution in [0.15, 0.2) is 78.9 Å². The predicted octanol–water partition coefficient (Wildman–Crippen LogP) is 4.66. The molecule has 1 N–H and O–H groups in total. The van der Waals surface area contributed by atoms with E-state index in [9.17, 15) is 19.2 Å². The van der Waals surface area contributed by atoms with E-state index in [4.69, 9.17) is 4.74 Å². The number of esters is 1. The largest absolute Gasteiger partial charge is 0.454 e. The second-order valence-electron chi connectivity index (χ2n) is 9.24. The molecular weight excluding hydrogens is 468 g/mol. The first kappa shape index (κ1) is 26.0. The van der Waals surface area contributed by atoms with Crippen LogP contribution in [0.5, 0.6) is 0 Å². The summed E-state index contributed by atoms with van der Waals surface area (Å²) in [5, 5.41) is 3.18. The van der Waals surface area contributed by atoms with Crippen LogP contribution in [0, 0.1) is 5.92 Å². The Morgan fingerprint density at radius 3 is 2.19 bits per heavy atom. The molecule has 7 heteroatoms. The van der Waals surface area contributed by atoms with E-state index in [2.05, 4.69) is 19.2 Å². The second kappa shape index (κ2) is 11.8. The number of carbonyl (C=O) groups is 4. The average Bonchev–Trinajstić information content (AvgIpc) is 3.23. The third-order valence-electron chi connectivity index (χ3n) is 6.57. The number of ketones is 1. The molecule has 2 atom stereocenters. The maximum Gasteiger partial charge on any atom is 0.338 e. The Kier molecular flexibility index (Phi) is 8.25. The summed E-state index contributed by atoms with van der Waals surface area (Å²) in [5.74, 6) is -1.15. The molecular formula is C30H30N2O5. The molecule has 4 rings (SSSR count).